The van der Waals surface area contributed by atoms with Gasteiger partial charge in [0.25, 0.3) is 0 Å². The fourth-order valence-electron chi connectivity index (χ4n) is 2.99. The molecule has 2 aromatic carbocycles. The number of hydrogen-bond donors (Lipinski definition) is 1. The number of para-hydroxylation sites is 1. The van der Waals surface area contributed by atoms with Crippen molar-refractivity contribution in [3.05, 3.63) is 59.7 Å². The van der Waals surface area contributed by atoms with Crippen molar-refractivity contribution in [2.75, 3.05) is 16.0 Å². The van der Waals surface area contributed by atoms with E-state index in [0.717, 1.165) is 23.4 Å². The number of nitrogens with one attached hydrogen (secondary N) is 1. The number of amides is 2. The van der Waals surface area contributed by atoms with Crippen LogP contribution < -0.4 is 10.2 Å². The highest BCUT2D eigenvalue weighted by Gasteiger charge is 2.34. The van der Waals surface area contributed by atoms with Gasteiger partial charge in [0.05, 0.1) is 5.75 Å². The number of hydrogen-bond acceptors (Lipinski definition) is 3. The molecule has 1 fully saturated rings. The standard InChI is InChI=1S/C21H24N2O2S/c1-4-15-7-5-6-8-18(15)23-19(24)13-26-21(23)16-9-11-17(12-10-16)22-20(25)14(2)3/h5-12,14,21H,4,13H2,1-3H3,(H,22,25)/t21-/m0/s1. The van der Waals surface area contributed by atoms with E-state index in [-0.39, 0.29) is 23.1 Å². The van der Waals surface area contributed by atoms with Crippen LogP contribution in [0.15, 0.2) is 48.5 Å². The van der Waals surface area contributed by atoms with Crippen LogP contribution in [0.5, 0.6) is 0 Å². The van der Waals surface area contributed by atoms with E-state index in [2.05, 4.69) is 18.3 Å². The zero-order chi connectivity index (χ0) is 18.7. The summed E-state index contributed by atoms with van der Waals surface area (Å²) in [6.07, 6.45) is 0.886. The molecule has 1 atom stereocenters. The monoisotopic (exact) mass is 368 g/mol. The molecule has 1 heterocycles. The average molecular weight is 369 g/mol. The summed E-state index contributed by atoms with van der Waals surface area (Å²) in [5.41, 5.74) is 4.01. The Kier molecular flexibility index (Phi) is 5.67. The van der Waals surface area contributed by atoms with Gasteiger partial charge in [-0.05, 0) is 35.7 Å². The third-order valence-electron chi connectivity index (χ3n) is 4.49. The smallest absolute Gasteiger partial charge is 0.238 e. The van der Waals surface area contributed by atoms with Gasteiger partial charge in [0, 0.05) is 17.3 Å². The van der Waals surface area contributed by atoms with E-state index in [1.807, 2.05) is 61.2 Å². The predicted molar refractivity (Wildman–Crippen MR) is 108 cm³/mol. The first-order valence-corrected chi connectivity index (χ1v) is 9.98. The van der Waals surface area contributed by atoms with Crippen LogP contribution >= 0.6 is 11.8 Å². The lowest BCUT2D eigenvalue weighted by Gasteiger charge is -2.26. The van der Waals surface area contributed by atoms with Gasteiger partial charge in [-0.1, -0.05) is 51.1 Å². The molecule has 0 aromatic heterocycles. The minimum atomic E-state index is -0.0567. The maximum absolute atomic E-state index is 12.6. The molecule has 26 heavy (non-hydrogen) atoms. The van der Waals surface area contributed by atoms with Crippen molar-refractivity contribution < 1.29 is 9.59 Å². The summed E-state index contributed by atoms with van der Waals surface area (Å²) in [7, 11) is 0. The summed E-state index contributed by atoms with van der Waals surface area (Å²) in [5, 5.41) is 2.87. The highest BCUT2D eigenvalue weighted by Crippen LogP contribution is 2.43. The van der Waals surface area contributed by atoms with Crippen molar-refractivity contribution in [1.29, 1.82) is 0 Å². The lowest BCUT2D eigenvalue weighted by molar-refractivity contribution is -0.119. The van der Waals surface area contributed by atoms with Crippen molar-refractivity contribution in [3.63, 3.8) is 0 Å². The fourth-order valence-corrected chi connectivity index (χ4v) is 4.16. The van der Waals surface area contributed by atoms with Crippen LogP contribution in [0.1, 0.15) is 37.3 Å². The minimum absolute atomic E-state index is 0.00155. The van der Waals surface area contributed by atoms with Crippen LogP contribution in [0.3, 0.4) is 0 Å². The highest BCUT2D eigenvalue weighted by atomic mass is 32.2. The first kappa shape index (κ1) is 18.5. The SMILES string of the molecule is CCc1ccccc1N1C(=O)CS[C@H]1c1ccc(NC(=O)C(C)C)cc1. The molecule has 1 aliphatic rings. The molecule has 1 aliphatic heterocycles. The molecular formula is C21H24N2O2S. The maximum atomic E-state index is 12.6. The molecule has 5 heteroatoms. The third kappa shape index (κ3) is 3.78. The molecule has 3 rings (SSSR count). The van der Waals surface area contributed by atoms with E-state index < -0.39 is 0 Å². The highest BCUT2D eigenvalue weighted by molar-refractivity contribution is 8.00. The lowest BCUT2D eigenvalue weighted by Crippen LogP contribution is -2.28. The molecule has 0 aliphatic carbocycles. The van der Waals surface area contributed by atoms with Gasteiger partial charge in [-0.25, -0.2) is 0 Å². The van der Waals surface area contributed by atoms with Crippen LogP contribution in [0.2, 0.25) is 0 Å². The van der Waals surface area contributed by atoms with E-state index in [9.17, 15) is 9.59 Å². The van der Waals surface area contributed by atoms with Crippen molar-refractivity contribution in [3.8, 4) is 0 Å². The summed E-state index contributed by atoms with van der Waals surface area (Å²) >= 11 is 1.64. The molecular weight excluding hydrogens is 344 g/mol. The van der Waals surface area contributed by atoms with Crippen LogP contribution in [0.25, 0.3) is 0 Å². The van der Waals surface area contributed by atoms with Gasteiger partial charge in [0.2, 0.25) is 11.8 Å². The molecule has 4 nitrogen and oxygen atoms in total. The summed E-state index contributed by atoms with van der Waals surface area (Å²) in [6, 6.07) is 15.9. The normalized spacial score (nSPS) is 17.0. The van der Waals surface area contributed by atoms with Gasteiger partial charge < -0.3 is 5.32 Å². The van der Waals surface area contributed by atoms with E-state index >= 15 is 0 Å². The maximum Gasteiger partial charge on any atom is 0.238 e. The lowest BCUT2D eigenvalue weighted by atomic mass is 10.1. The Morgan fingerprint density at radius 2 is 1.88 bits per heavy atom. The van der Waals surface area contributed by atoms with Gasteiger partial charge in [0.15, 0.2) is 0 Å². The Hall–Kier alpha value is -2.27. The van der Waals surface area contributed by atoms with E-state index in [1.165, 1.54) is 5.56 Å². The number of carbonyl (C=O) groups excluding carboxylic acids is 2. The van der Waals surface area contributed by atoms with E-state index in [4.69, 9.17) is 0 Å². The molecule has 2 aromatic rings. The summed E-state index contributed by atoms with van der Waals surface area (Å²) in [6.45, 7) is 5.84. The second kappa shape index (κ2) is 7.96. The molecule has 0 spiro atoms. The molecule has 1 saturated heterocycles. The number of rotatable bonds is 5. The Balaban J connectivity index is 1.86. The minimum Gasteiger partial charge on any atom is -0.326 e. The summed E-state index contributed by atoms with van der Waals surface area (Å²) in [5.74, 6) is 0.563. The van der Waals surface area contributed by atoms with Crippen LogP contribution in [0.4, 0.5) is 11.4 Å². The zero-order valence-corrected chi connectivity index (χ0v) is 16.2. The van der Waals surface area contributed by atoms with E-state index in [1.54, 1.807) is 11.8 Å². The van der Waals surface area contributed by atoms with Crippen LogP contribution in [0, 0.1) is 5.92 Å². The Labute approximate surface area is 159 Å². The first-order valence-electron chi connectivity index (χ1n) is 8.93. The zero-order valence-electron chi connectivity index (χ0n) is 15.4. The quantitative estimate of drug-likeness (QED) is 0.838. The number of aryl methyl sites for hydroxylation is 1. The number of anilines is 2. The Morgan fingerprint density at radius 1 is 1.19 bits per heavy atom. The summed E-state index contributed by atoms with van der Waals surface area (Å²) in [4.78, 5) is 26.3. The van der Waals surface area contributed by atoms with Gasteiger partial charge in [-0.15, -0.1) is 11.8 Å². The molecule has 0 radical (unpaired) electrons. The number of nitrogens with zero attached hydrogens (tertiary/aromatic N) is 1. The van der Waals surface area contributed by atoms with Gasteiger partial charge >= 0.3 is 0 Å². The molecule has 2 amide bonds. The van der Waals surface area contributed by atoms with Crippen molar-refractivity contribution in [1.82, 2.24) is 0 Å². The first-order chi connectivity index (χ1) is 12.5. The number of thioether (sulfide) groups is 1. The largest absolute Gasteiger partial charge is 0.326 e. The topological polar surface area (TPSA) is 49.4 Å². The Bertz CT molecular complexity index is 802. The molecule has 136 valence electrons. The second-order valence-electron chi connectivity index (χ2n) is 6.68. The second-order valence-corrected chi connectivity index (χ2v) is 7.74. The third-order valence-corrected chi connectivity index (χ3v) is 5.70. The fraction of sp³-hybridized carbons (Fsp3) is 0.333. The van der Waals surface area contributed by atoms with Gasteiger partial charge in [-0.3, -0.25) is 14.5 Å². The predicted octanol–water partition coefficient (Wildman–Crippen LogP) is 4.62. The van der Waals surface area contributed by atoms with E-state index in [0.29, 0.717) is 5.75 Å². The van der Waals surface area contributed by atoms with Crippen LogP contribution in [-0.4, -0.2) is 17.6 Å². The van der Waals surface area contributed by atoms with Crippen molar-refractivity contribution in [2.24, 2.45) is 5.92 Å². The Morgan fingerprint density at radius 3 is 2.54 bits per heavy atom. The average Bonchev–Trinajstić information content (AvgIpc) is 3.03. The number of benzene rings is 2. The van der Waals surface area contributed by atoms with Gasteiger partial charge in [-0.2, -0.15) is 0 Å². The number of carbonyl (C=O) groups is 2. The molecule has 1 N–H and O–H groups in total. The molecule has 0 saturated carbocycles. The summed E-state index contributed by atoms with van der Waals surface area (Å²) < 4.78 is 0. The van der Waals surface area contributed by atoms with Crippen molar-refractivity contribution in [2.45, 2.75) is 32.6 Å². The van der Waals surface area contributed by atoms with Crippen molar-refractivity contribution >= 4 is 35.0 Å². The molecule has 0 unspecified atom stereocenters. The van der Waals surface area contributed by atoms with Crippen LogP contribution in [-0.2, 0) is 16.0 Å². The van der Waals surface area contributed by atoms with Gasteiger partial charge in [0.1, 0.15) is 5.37 Å². The molecule has 0 bridgehead atoms.